The third-order valence-corrected chi connectivity index (χ3v) is 7.08. The van der Waals surface area contributed by atoms with Crippen molar-refractivity contribution >= 4 is 39.1 Å². The molecule has 0 saturated carbocycles. The molecule has 0 aliphatic rings. The number of nitrogens with one attached hydrogen (secondary N) is 1. The van der Waals surface area contributed by atoms with E-state index >= 15 is 0 Å². The quantitative estimate of drug-likeness (QED) is 0.393. The molecule has 0 aliphatic carbocycles. The summed E-state index contributed by atoms with van der Waals surface area (Å²) in [6, 6.07) is 24.0. The fourth-order valence-corrected chi connectivity index (χ4v) is 4.91. The van der Waals surface area contributed by atoms with E-state index in [4.69, 9.17) is 11.6 Å². The van der Waals surface area contributed by atoms with Crippen molar-refractivity contribution in [3.8, 4) is 0 Å². The van der Waals surface area contributed by atoms with Gasteiger partial charge in [0.25, 0.3) is 0 Å². The summed E-state index contributed by atoms with van der Waals surface area (Å²) in [6.07, 6.45) is 1.32. The molecule has 2 amide bonds. The Labute approximate surface area is 224 Å². The number of sulfonamides is 1. The Hall–Kier alpha value is -3.36. The van der Waals surface area contributed by atoms with E-state index in [1.165, 1.54) is 4.90 Å². The average Bonchev–Trinajstić information content (AvgIpc) is 2.85. The lowest BCUT2D eigenvalue weighted by molar-refractivity contribution is -0.140. The molecule has 0 aromatic heterocycles. The first kappa shape index (κ1) is 28.2. The SMILES string of the molecule is CC(C)NC(=O)C(Cc1ccccc1)N(Cc1ccccc1)C(=O)CN(c1ccc(Cl)cc1)S(C)(=O)=O. The van der Waals surface area contributed by atoms with Crippen LogP contribution in [0, 0.1) is 0 Å². The minimum Gasteiger partial charge on any atom is -0.352 e. The van der Waals surface area contributed by atoms with Crippen LogP contribution in [0.4, 0.5) is 5.69 Å². The Morgan fingerprint density at radius 1 is 0.865 bits per heavy atom. The summed E-state index contributed by atoms with van der Waals surface area (Å²) in [5.41, 5.74) is 2.02. The molecule has 9 heteroatoms. The highest BCUT2D eigenvalue weighted by Crippen LogP contribution is 2.22. The van der Waals surface area contributed by atoms with E-state index in [2.05, 4.69) is 5.32 Å². The molecule has 196 valence electrons. The molecule has 3 rings (SSSR count). The van der Waals surface area contributed by atoms with E-state index < -0.39 is 28.5 Å². The molecule has 0 bridgehead atoms. The van der Waals surface area contributed by atoms with Crippen LogP contribution in [-0.4, -0.2) is 50.0 Å². The molecule has 0 saturated heterocycles. The number of amides is 2. The van der Waals surface area contributed by atoms with Gasteiger partial charge in [-0.2, -0.15) is 0 Å². The number of hydrogen-bond acceptors (Lipinski definition) is 4. The third-order valence-electron chi connectivity index (χ3n) is 5.69. The average molecular weight is 542 g/mol. The van der Waals surface area contributed by atoms with Gasteiger partial charge in [0, 0.05) is 24.0 Å². The molecule has 0 heterocycles. The van der Waals surface area contributed by atoms with Crippen molar-refractivity contribution in [2.45, 2.75) is 38.9 Å². The normalized spacial score (nSPS) is 12.1. The minimum atomic E-state index is -3.81. The van der Waals surface area contributed by atoms with Gasteiger partial charge in [-0.1, -0.05) is 72.3 Å². The van der Waals surface area contributed by atoms with E-state index in [9.17, 15) is 18.0 Å². The number of nitrogens with zero attached hydrogens (tertiary/aromatic N) is 2. The van der Waals surface area contributed by atoms with Crippen molar-refractivity contribution in [3.05, 3.63) is 101 Å². The van der Waals surface area contributed by atoms with Crippen LogP contribution < -0.4 is 9.62 Å². The van der Waals surface area contributed by atoms with E-state index in [-0.39, 0.29) is 24.9 Å². The number of carbonyl (C=O) groups excluding carboxylic acids is 2. The molecule has 1 N–H and O–H groups in total. The van der Waals surface area contributed by atoms with E-state index in [0.717, 1.165) is 21.7 Å². The van der Waals surface area contributed by atoms with Crippen molar-refractivity contribution in [1.29, 1.82) is 0 Å². The summed E-state index contributed by atoms with van der Waals surface area (Å²) < 4.78 is 26.5. The summed E-state index contributed by atoms with van der Waals surface area (Å²) in [4.78, 5) is 28.8. The molecular weight excluding hydrogens is 510 g/mol. The Kier molecular flexibility index (Phi) is 9.72. The van der Waals surface area contributed by atoms with E-state index in [0.29, 0.717) is 10.7 Å². The number of rotatable bonds is 11. The molecule has 3 aromatic rings. The Morgan fingerprint density at radius 3 is 1.92 bits per heavy atom. The summed E-state index contributed by atoms with van der Waals surface area (Å²) >= 11 is 5.98. The largest absolute Gasteiger partial charge is 0.352 e. The van der Waals surface area contributed by atoms with Gasteiger partial charge in [-0.05, 0) is 49.2 Å². The first-order valence-electron chi connectivity index (χ1n) is 12.0. The van der Waals surface area contributed by atoms with Crippen LogP contribution in [0.25, 0.3) is 0 Å². The van der Waals surface area contributed by atoms with Crippen LogP contribution in [0.1, 0.15) is 25.0 Å². The number of benzene rings is 3. The number of anilines is 1. The topological polar surface area (TPSA) is 86.8 Å². The van der Waals surface area contributed by atoms with Gasteiger partial charge in [0.05, 0.1) is 11.9 Å². The zero-order chi connectivity index (χ0) is 27.0. The van der Waals surface area contributed by atoms with Gasteiger partial charge in [0.2, 0.25) is 21.8 Å². The van der Waals surface area contributed by atoms with Crippen molar-refractivity contribution in [1.82, 2.24) is 10.2 Å². The lowest BCUT2D eigenvalue weighted by Crippen LogP contribution is -2.54. The maximum Gasteiger partial charge on any atom is 0.244 e. The lowest BCUT2D eigenvalue weighted by atomic mass is 10.0. The number of hydrogen-bond donors (Lipinski definition) is 1. The first-order valence-corrected chi connectivity index (χ1v) is 14.2. The molecule has 0 radical (unpaired) electrons. The van der Waals surface area contributed by atoms with Gasteiger partial charge in [0.15, 0.2) is 0 Å². The van der Waals surface area contributed by atoms with Gasteiger partial charge in [-0.15, -0.1) is 0 Å². The van der Waals surface area contributed by atoms with Gasteiger partial charge in [0.1, 0.15) is 12.6 Å². The Balaban J connectivity index is 2.02. The smallest absolute Gasteiger partial charge is 0.244 e. The summed E-state index contributed by atoms with van der Waals surface area (Å²) in [5, 5.41) is 3.37. The van der Waals surface area contributed by atoms with Crippen LogP contribution in [0.3, 0.4) is 0 Å². The molecule has 0 fully saturated rings. The predicted molar refractivity (Wildman–Crippen MR) is 148 cm³/mol. The molecule has 1 atom stereocenters. The highest BCUT2D eigenvalue weighted by atomic mass is 35.5. The molecule has 0 aliphatic heterocycles. The zero-order valence-corrected chi connectivity index (χ0v) is 22.7. The Morgan fingerprint density at radius 2 is 1.41 bits per heavy atom. The second kappa shape index (κ2) is 12.7. The molecule has 1 unspecified atom stereocenters. The van der Waals surface area contributed by atoms with Crippen LogP contribution in [-0.2, 0) is 32.6 Å². The molecule has 3 aromatic carbocycles. The summed E-state index contributed by atoms with van der Waals surface area (Å²) in [6.45, 7) is 3.38. The van der Waals surface area contributed by atoms with Gasteiger partial charge < -0.3 is 10.2 Å². The summed E-state index contributed by atoms with van der Waals surface area (Å²) in [5.74, 6) is -0.801. The van der Waals surface area contributed by atoms with E-state index in [1.54, 1.807) is 24.3 Å². The van der Waals surface area contributed by atoms with Crippen LogP contribution >= 0.6 is 11.6 Å². The highest BCUT2D eigenvalue weighted by molar-refractivity contribution is 7.92. The van der Waals surface area contributed by atoms with Gasteiger partial charge >= 0.3 is 0 Å². The maximum atomic E-state index is 13.9. The second-order valence-corrected chi connectivity index (χ2v) is 11.5. The van der Waals surface area contributed by atoms with Crippen LogP contribution in [0.15, 0.2) is 84.9 Å². The van der Waals surface area contributed by atoms with Gasteiger partial charge in [-0.25, -0.2) is 8.42 Å². The molecule has 0 spiro atoms. The number of carbonyl (C=O) groups is 2. The number of halogens is 1. The lowest BCUT2D eigenvalue weighted by Gasteiger charge is -2.34. The van der Waals surface area contributed by atoms with Crippen LogP contribution in [0.5, 0.6) is 0 Å². The fraction of sp³-hybridized carbons (Fsp3) is 0.286. The molecular formula is C28H32ClN3O4S. The standard InChI is InChI=1S/C28H32ClN3O4S/c1-21(2)30-28(34)26(18-22-10-6-4-7-11-22)31(19-23-12-8-5-9-13-23)27(33)20-32(37(3,35)36)25-16-14-24(29)15-17-25/h4-17,21,26H,18-20H2,1-3H3,(H,30,34). The minimum absolute atomic E-state index is 0.138. The van der Waals surface area contributed by atoms with Gasteiger partial charge in [-0.3, -0.25) is 13.9 Å². The summed E-state index contributed by atoms with van der Waals surface area (Å²) in [7, 11) is -3.81. The first-order chi connectivity index (χ1) is 17.5. The third kappa shape index (κ3) is 8.33. The monoisotopic (exact) mass is 541 g/mol. The Bertz CT molecular complexity index is 1280. The maximum absolute atomic E-state index is 13.9. The molecule has 7 nitrogen and oxygen atoms in total. The molecule has 37 heavy (non-hydrogen) atoms. The zero-order valence-electron chi connectivity index (χ0n) is 21.2. The fourth-order valence-electron chi connectivity index (χ4n) is 3.94. The van der Waals surface area contributed by atoms with Crippen molar-refractivity contribution < 1.29 is 18.0 Å². The van der Waals surface area contributed by atoms with Crippen molar-refractivity contribution in [3.63, 3.8) is 0 Å². The second-order valence-electron chi connectivity index (χ2n) is 9.12. The van der Waals surface area contributed by atoms with Crippen molar-refractivity contribution in [2.75, 3.05) is 17.1 Å². The predicted octanol–water partition coefficient (Wildman–Crippen LogP) is 4.27. The van der Waals surface area contributed by atoms with Crippen molar-refractivity contribution in [2.24, 2.45) is 0 Å². The highest BCUT2D eigenvalue weighted by Gasteiger charge is 2.33. The van der Waals surface area contributed by atoms with Crippen LogP contribution in [0.2, 0.25) is 5.02 Å². The van der Waals surface area contributed by atoms with E-state index in [1.807, 2.05) is 74.5 Å².